The molecule has 0 aliphatic rings. The first-order valence-corrected chi connectivity index (χ1v) is 9.61. The number of esters is 3. The summed E-state index contributed by atoms with van der Waals surface area (Å²) < 4.78 is 14.2. The van der Waals surface area contributed by atoms with Gasteiger partial charge in [0.2, 0.25) is 0 Å². The van der Waals surface area contributed by atoms with Crippen LogP contribution in [-0.4, -0.2) is 66.0 Å². The highest BCUT2D eigenvalue weighted by Gasteiger charge is 2.10. The molecule has 0 bridgehead atoms. The zero-order valence-electron chi connectivity index (χ0n) is 20.4. The Kier molecular flexibility index (Phi) is 30.5. The molecule has 0 aliphatic heterocycles. The summed E-state index contributed by atoms with van der Waals surface area (Å²) in [5, 5.41) is 16.2. The van der Waals surface area contributed by atoms with Crippen LogP contribution in [0.4, 0.5) is 0 Å². The van der Waals surface area contributed by atoms with Crippen molar-refractivity contribution >= 4 is 23.9 Å². The van der Waals surface area contributed by atoms with E-state index in [1.807, 2.05) is 0 Å². The zero-order valence-corrected chi connectivity index (χ0v) is 19.4. The maximum atomic E-state index is 11.0. The number of carboxylic acids is 1. The normalized spacial score (nSPS) is 9.32. The lowest BCUT2D eigenvalue weighted by atomic mass is 10.2. The molecule has 0 atom stereocenters. The van der Waals surface area contributed by atoms with Gasteiger partial charge in [0, 0.05) is 0 Å². The number of aliphatic hydroxyl groups excluding tert-OH is 1. The first-order chi connectivity index (χ1) is 13.3. The van der Waals surface area contributed by atoms with Crippen molar-refractivity contribution in [3.05, 3.63) is 0 Å². The summed E-state index contributed by atoms with van der Waals surface area (Å²) in [5.74, 6) is -2.16. The SMILES string of the molecule is C.CC(C)C(=O)O.CC(C)C(=O)OCCO.CC(C)C(=O)OCCOC(=O)C(C)C.O.[H+]. The minimum Gasteiger partial charge on any atom is -0.481 e. The third-order valence-electron chi connectivity index (χ3n) is 2.82. The number of carbonyl (C=O) groups excluding carboxylic acids is 3. The Bertz CT molecular complexity index is 455. The average Bonchev–Trinajstić information content (AvgIpc) is 2.63. The van der Waals surface area contributed by atoms with E-state index >= 15 is 0 Å². The van der Waals surface area contributed by atoms with Gasteiger partial charge in [0.1, 0.15) is 19.8 Å². The number of hydrogen-bond acceptors (Lipinski definition) is 8. The molecule has 4 N–H and O–H groups in total. The van der Waals surface area contributed by atoms with Crippen LogP contribution in [-0.2, 0) is 33.4 Å². The molecule has 0 aromatic carbocycles. The first kappa shape index (κ1) is 39.3. The van der Waals surface area contributed by atoms with E-state index in [9.17, 15) is 19.2 Å². The van der Waals surface area contributed by atoms with Gasteiger partial charge in [-0.15, -0.1) is 0 Å². The van der Waals surface area contributed by atoms with Gasteiger partial charge in [-0.1, -0.05) is 62.8 Å². The standard InChI is InChI=1S/C10H18O4.C6H12O3.C4H8O2.CH4.H2O/c1-7(2)9(11)13-5-6-14-10(12)8(3)4;1-5(2)6(8)9-4-3-7;1-3(2)4(5)6;;/h7-8H,5-6H2,1-4H3;5,7H,3-4H2,1-2H3;3H,1-2H3,(H,5,6);1H4;1H2/p+1. The Morgan fingerprint density at radius 2 is 0.871 bits per heavy atom. The molecule has 10 heteroatoms. The van der Waals surface area contributed by atoms with Crippen LogP contribution in [0.25, 0.3) is 0 Å². The largest absolute Gasteiger partial charge is 1.00 e. The summed E-state index contributed by atoms with van der Waals surface area (Å²) in [4.78, 5) is 42.2. The van der Waals surface area contributed by atoms with Gasteiger partial charge in [0.25, 0.3) is 0 Å². The van der Waals surface area contributed by atoms with Crippen LogP contribution in [0.2, 0.25) is 0 Å². The molecule has 10 nitrogen and oxygen atoms in total. The summed E-state index contributed by atoms with van der Waals surface area (Å²) in [5.41, 5.74) is 0. The van der Waals surface area contributed by atoms with Crippen LogP contribution in [0.1, 0.15) is 64.2 Å². The van der Waals surface area contributed by atoms with E-state index < -0.39 is 5.97 Å². The number of aliphatic carboxylic acids is 1. The van der Waals surface area contributed by atoms with Crippen molar-refractivity contribution in [3.8, 4) is 0 Å². The predicted molar refractivity (Wildman–Crippen MR) is 118 cm³/mol. The van der Waals surface area contributed by atoms with E-state index in [-0.39, 0.29) is 82.3 Å². The molecule has 0 saturated carbocycles. The van der Waals surface area contributed by atoms with Crippen molar-refractivity contribution in [2.75, 3.05) is 26.4 Å². The van der Waals surface area contributed by atoms with Gasteiger partial charge in [0.15, 0.2) is 0 Å². The molecular weight excluding hydrogens is 412 g/mol. The third-order valence-corrected chi connectivity index (χ3v) is 2.82. The minimum atomic E-state index is -0.741. The molecule has 0 aromatic rings. The second kappa shape index (κ2) is 24.1. The molecule has 0 aromatic heterocycles. The molecule has 0 heterocycles. The van der Waals surface area contributed by atoms with E-state index in [4.69, 9.17) is 19.7 Å². The van der Waals surface area contributed by atoms with Crippen molar-refractivity contribution in [3.63, 3.8) is 0 Å². The maximum Gasteiger partial charge on any atom is 1.00 e. The molecule has 0 saturated heterocycles. The molecule has 0 fully saturated rings. The second-order valence-electron chi connectivity index (χ2n) is 7.18. The lowest BCUT2D eigenvalue weighted by Gasteiger charge is -2.08. The Morgan fingerprint density at radius 3 is 1.03 bits per heavy atom. The zero-order chi connectivity index (χ0) is 23.6. The van der Waals surface area contributed by atoms with E-state index in [1.54, 1.807) is 55.4 Å². The van der Waals surface area contributed by atoms with Crippen molar-refractivity contribution in [1.29, 1.82) is 0 Å². The van der Waals surface area contributed by atoms with Crippen molar-refractivity contribution in [2.24, 2.45) is 23.7 Å². The Balaban J connectivity index is -0.0000000821. The quantitative estimate of drug-likeness (QED) is 0.299. The van der Waals surface area contributed by atoms with Crippen LogP contribution in [0, 0.1) is 23.7 Å². The number of carbonyl (C=O) groups is 4. The predicted octanol–water partition coefficient (Wildman–Crippen LogP) is 2.21. The number of rotatable bonds is 9. The van der Waals surface area contributed by atoms with E-state index in [2.05, 4.69) is 4.74 Å². The van der Waals surface area contributed by atoms with Gasteiger partial charge in [-0.25, -0.2) is 0 Å². The number of hydrogen-bond donors (Lipinski definition) is 2. The van der Waals surface area contributed by atoms with Gasteiger partial charge in [-0.3, -0.25) is 19.2 Å². The highest BCUT2D eigenvalue weighted by molar-refractivity contribution is 5.72. The smallest absolute Gasteiger partial charge is 0.481 e. The van der Waals surface area contributed by atoms with Crippen LogP contribution < -0.4 is 0 Å². The van der Waals surface area contributed by atoms with Gasteiger partial charge < -0.3 is 29.9 Å². The highest BCUT2D eigenvalue weighted by atomic mass is 16.6. The Hall–Kier alpha value is -2.20. The first-order valence-electron chi connectivity index (χ1n) is 9.61. The fourth-order valence-electron chi connectivity index (χ4n) is 0.931. The fraction of sp³-hybridized carbons (Fsp3) is 0.810. The number of aliphatic hydroxyl groups is 1. The van der Waals surface area contributed by atoms with Crippen molar-refractivity contribution in [2.45, 2.75) is 62.8 Å². The van der Waals surface area contributed by atoms with E-state index in [0.29, 0.717) is 0 Å². The molecule has 0 rings (SSSR count). The average molecular weight is 458 g/mol. The molecule has 0 spiro atoms. The maximum absolute atomic E-state index is 11.0. The molecule has 0 aliphatic carbocycles. The summed E-state index contributed by atoms with van der Waals surface area (Å²) >= 11 is 0. The van der Waals surface area contributed by atoms with Gasteiger partial charge in [-0.2, -0.15) is 0 Å². The van der Waals surface area contributed by atoms with Gasteiger partial charge in [-0.05, 0) is 0 Å². The summed E-state index contributed by atoms with van der Waals surface area (Å²) in [6, 6.07) is 0. The minimum absolute atomic E-state index is 0. The van der Waals surface area contributed by atoms with Gasteiger partial charge >= 0.3 is 25.3 Å². The molecular formula is C21H45O10+. The monoisotopic (exact) mass is 457 g/mol. The summed E-state index contributed by atoms with van der Waals surface area (Å²) in [6.45, 7) is 14.1. The van der Waals surface area contributed by atoms with Crippen LogP contribution in [0.15, 0.2) is 0 Å². The van der Waals surface area contributed by atoms with E-state index in [0.717, 1.165) is 0 Å². The van der Waals surface area contributed by atoms with Crippen molar-refractivity contribution < 1.29 is 50.5 Å². The van der Waals surface area contributed by atoms with E-state index in [1.165, 1.54) is 0 Å². The number of ether oxygens (including phenoxy) is 3. The van der Waals surface area contributed by atoms with Crippen LogP contribution >= 0.6 is 0 Å². The van der Waals surface area contributed by atoms with Crippen LogP contribution in [0.5, 0.6) is 0 Å². The molecule has 31 heavy (non-hydrogen) atoms. The molecule has 0 radical (unpaired) electrons. The lowest BCUT2D eigenvalue weighted by molar-refractivity contribution is -0.156. The lowest BCUT2D eigenvalue weighted by Crippen LogP contribution is -2.19. The fourth-order valence-corrected chi connectivity index (χ4v) is 0.931. The third kappa shape index (κ3) is 30.1. The number of carboxylic acid groups (broad SMARTS) is 1. The molecule has 0 unspecified atom stereocenters. The Morgan fingerprint density at radius 1 is 0.645 bits per heavy atom. The van der Waals surface area contributed by atoms with Crippen LogP contribution in [0.3, 0.4) is 0 Å². The summed E-state index contributed by atoms with van der Waals surface area (Å²) in [7, 11) is 0. The molecule has 188 valence electrons. The summed E-state index contributed by atoms with van der Waals surface area (Å²) in [6.07, 6.45) is 0. The molecule has 0 amide bonds. The topological polar surface area (TPSA) is 168 Å². The van der Waals surface area contributed by atoms with Crippen molar-refractivity contribution in [1.82, 2.24) is 0 Å². The Labute approximate surface area is 188 Å². The highest BCUT2D eigenvalue weighted by Crippen LogP contribution is 1.98. The second-order valence-corrected chi connectivity index (χ2v) is 7.18. The van der Waals surface area contributed by atoms with Gasteiger partial charge in [0.05, 0.1) is 30.3 Å².